The van der Waals surface area contributed by atoms with Crippen LogP contribution < -0.4 is 56.5 Å². The molecule has 0 unspecified atom stereocenters. The summed E-state index contributed by atoms with van der Waals surface area (Å²) in [5.74, 6) is 0. The van der Waals surface area contributed by atoms with Crippen molar-refractivity contribution >= 4 is 10.9 Å². The third kappa shape index (κ3) is 29.2. The maximum absolute atomic E-state index is 8.78. The van der Waals surface area contributed by atoms with Gasteiger partial charge in [0.2, 0.25) is 0 Å². The Kier molecular flexibility index (Phi) is 10.8. The molecule has 0 rings (SSSR count). The molecule has 2 N–H and O–H groups in total. The number of hydrogen-bond donors (Lipinski definition) is 1. The SMILES string of the molecule is N[S-](=O)=O.[K+]. The maximum atomic E-state index is 8.78. The molecule has 0 aliphatic heterocycles. The molecule has 3 nitrogen and oxygen atoms in total. The van der Waals surface area contributed by atoms with E-state index in [2.05, 4.69) is 5.14 Å². The summed E-state index contributed by atoms with van der Waals surface area (Å²) in [6, 6.07) is 0. The number of nitrogens with two attached hydrogens (primary N) is 1. The molecule has 0 radical (unpaired) electrons. The van der Waals surface area contributed by atoms with Gasteiger partial charge in [0.25, 0.3) is 0 Å². The zero-order chi connectivity index (χ0) is 3.58. The van der Waals surface area contributed by atoms with Gasteiger partial charge in [-0.2, -0.15) is 0 Å². The fraction of sp³-hybridized carbons (Fsp3) is 0. The molecular formula is H2KNO2S. The van der Waals surface area contributed by atoms with Gasteiger partial charge in [0.15, 0.2) is 0 Å². The third-order valence-electron chi connectivity index (χ3n) is 0. The fourth-order valence-electron chi connectivity index (χ4n) is 0. The minimum absolute atomic E-state index is 0. The first-order valence-corrected chi connectivity index (χ1v) is 1.71. The smallest absolute Gasteiger partial charge is 0.409 e. The number of hydrogen-bond acceptors (Lipinski definition) is 3. The first-order chi connectivity index (χ1) is 1.73. The van der Waals surface area contributed by atoms with Crippen molar-refractivity contribution in [2.24, 2.45) is 5.14 Å². The molecule has 0 atom stereocenters. The van der Waals surface area contributed by atoms with Crippen molar-refractivity contribution in [3.8, 4) is 0 Å². The van der Waals surface area contributed by atoms with Crippen molar-refractivity contribution in [1.82, 2.24) is 0 Å². The van der Waals surface area contributed by atoms with Gasteiger partial charge in [-0.25, -0.2) is 0 Å². The molecule has 0 spiro atoms. The molecule has 0 aliphatic carbocycles. The van der Waals surface area contributed by atoms with Crippen molar-refractivity contribution in [2.45, 2.75) is 0 Å². The van der Waals surface area contributed by atoms with Crippen molar-refractivity contribution < 1.29 is 59.8 Å². The van der Waals surface area contributed by atoms with E-state index in [0.717, 1.165) is 0 Å². The maximum Gasteiger partial charge on any atom is 1.00 e. The second kappa shape index (κ2) is 5.55. The summed E-state index contributed by atoms with van der Waals surface area (Å²) in [4.78, 5) is 0. The Balaban J connectivity index is 0. The zero-order valence-electron chi connectivity index (χ0n) is 2.80. The van der Waals surface area contributed by atoms with Gasteiger partial charge in [0.05, 0.1) is 0 Å². The van der Waals surface area contributed by atoms with Gasteiger partial charge in [-0.15, -0.1) is 0 Å². The molecule has 0 amide bonds. The van der Waals surface area contributed by atoms with E-state index in [1.54, 1.807) is 0 Å². The van der Waals surface area contributed by atoms with Gasteiger partial charge in [0.1, 0.15) is 0 Å². The summed E-state index contributed by atoms with van der Waals surface area (Å²) in [7, 11) is -2.36. The molecule has 0 aromatic heterocycles. The van der Waals surface area contributed by atoms with E-state index in [1.165, 1.54) is 0 Å². The van der Waals surface area contributed by atoms with Gasteiger partial charge in [-0.05, 0) is 10.9 Å². The van der Waals surface area contributed by atoms with Crippen LogP contribution in [0.15, 0.2) is 0 Å². The van der Waals surface area contributed by atoms with E-state index < -0.39 is 10.9 Å². The van der Waals surface area contributed by atoms with Crippen LogP contribution in [-0.4, -0.2) is 0 Å². The summed E-state index contributed by atoms with van der Waals surface area (Å²) >= 11 is 0. The predicted molar refractivity (Wildman–Crippen MR) is 12.9 cm³/mol. The predicted octanol–water partition coefficient (Wildman–Crippen LogP) is -3.83. The molecule has 0 aromatic rings. The Morgan fingerprint density at radius 1 is 1.40 bits per heavy atom. The number of rotatable bonds is 0. The topological polar surface area (TPSA) is 60.2 Å². The Bertz CT molecular complexity index is 58.0. The molecule has 5 heteroatoms. The van der Waals surface area contributed by atoms with Gasteiger partial charge < -0.3 is 13.6 Å². The van der Waals surface area contributed by atoms with Crippen LogP contribution in [0.4, 0.5) is 0 Å². The molecular weight excluding hydrogens is 117 g/mol. The molecule has 0 bridgehead atoms. The van der Waals surface area contributed by atoms with Crippen LogP contribution in [-0.2, 0) is 19.3 Å². The van der Waals surface area contributed by atoms with E-state index in [0.29, 0.717) is 0 Å². The Morgan fingerprint density at radius 3 is 1.40 bits per heavy atom. The average Bonchev–Trinajstić information content (AvgIpc) is 0.811. The first kappa shape index (κ1) is 9.74. The largest absolute Gasteiger partial charge is 1.00 e. The molecule has 0 saturated carbocycles. The van der Waals surface area contributed by atoms with Gasteiger partial charge in [0, 0.05) is 0 Å². The second-order valence-corrected chi connectivity index (χ2v) is 0.781. The van der Waals surface area contributed by atoms with Crippen LogP contribution in [0.2, 0.25) is 0 Å². The van der Waals surface area contributed by atoms with Crippen molar-refractivity contribution in [2.75, 3.05) is 0 Å². The van der Waals surface area contributed by atoms with Gasteiger partial charge in [-0.1, -0.05) is 0 Å². The van der Waals surface area contributed by atoms with E-state index in [4.69, 9.17) is 8.42 Å². The normalized spacial score (nSPS) is 6.80. The standard InChI is InChI=1S/K.H2NO2S/c;1-4(2)3/h;(H2,1,2,3)/q+1;-1. The molecule has 5 heavy (non-hydrogen) atoms. The second-order valence-electron chi connectivity index (χ2n) is 0.260. The van der Waals surface area contributed by atoms with Gasteiger partial charge in [-0.3, -0.25) is 0 Å². The summed E-state index contributed by atoms with van der Waals surface area (Å²) in [6.07, 6.45) is 0. The van der Waals surface area contributed by atoms with Crippen LogP contribution >= 0.6 is 0 Å². The zero-order valence-corrected chi connectivity index (χ0v) is 6.74. The van der Waals surface area contributed by atoms with E-state index in [-0.39, 0.29) is 51.4 Å². The average molecular weight is 119 g/mol. The fourth-order valence-corrected chi connectivity index (χ4v) is 0. The molecule has 0 aromatic carbocycles. The van der Waals surface area contributed by atoms with Crippen molar-refractivity contribution in [1.29, 1.82) is 0 Å². The summed E-state index contributed by atoms with van der Waals surface area (Å²) in [5, 5.41) is 4.03. The first-order valence-electron chi connectivity index (χ1n) is 0.569. The Labute approximate surface area is 74.4 Å². The molecule has 26 valence electrons. The van der Waals surface area contributed by atoms with E-state index in [1.807, 2.05) is 0 Å². The minimum Gasteiger partial charge on any atom is -0.409 e. The summed E-state index contributed by atoms with van der Waals surface area (Å²) in [6.45, 7) is 0. The van der Waals surface area contributed by atoms with Crippen LogP contribution in [0.1, 0.15) is 0 Å². The van der Waals surface area contributed by atoms with Crippen LogP contribution in [0.25, 0.3) is 0 Å². The van der Waals surface area contributed by atoms with E-state index >= 15 is 0 Å². The summed E-state index contributed by atoms with van der Waals surface area (Å²) < 4.78 is 17.6. The Hall–Kier alpha value is 1.55. The van der Waals surface area contributed by atoms with Crippen LogP contribution in [0, 0.1) is 0 Å². The summed E-state index contributed by atoms with van der Waals surface area (Å²) in [5.41, 5.74) is 0. The van der Waals surface area contributed by atoms with E-state index in [9.17, 15) is 0 Å². The third-order valence-corrected chi connectivity index (χ3v) is 0. The molecule has 0 fully saturated rings. The monoisotopic (exact) mass is 119 g/mol. The Morgan fingerprint density at radius 2 is 1.40 bits per heavy atom. The van der Waals surface area contributed by atoms with Crippen molar-refractivity contribution in [3.05, 3.63) is 0 Å². The minimum atomic E-state index is -2.36. The molecule has 0 heterocycles. The quantitative estimate of drug-likeness (QED) is 0.262. The van der Waals surface area contributed by atoms with Gasteiger partial charge >= 0.3 is 51.4 Å². The molecule has 0 saturated heterocycles. The van der Waals surface area contributed by atoms with Crippen molar-refractivity contribution in [3.63, 3.8) is 0 Å². The van der Waals surface area contributed by atoms with Crippen LogP contribution in [0.3, 0.4) is 0 Å². The molecule has 0 aliphatic rings. The van der Waals surface area contributed by atoms with Crippen LogP contribution in [0.5, 0.6) is 0 Å².